The van der Waals surface area contributed by atoms with Crippen molar-refractivity contribution in [1.82, 2.24) is 41.0 Å². The van der Waals surface area contributed by atoms with E-state index in [0.717, 1.165) is 50.9 Å². The summed E-state index contributed by atoms with van der Waals surface area (Å²) in [6.45, 7) is 0.546. The molecule has 76 heavy (non-hydrogen) atoms. The van der Waals surface area contributed by atoms with Gasteiger partial charge in [-0.1, -0.05) is 43.7 Å². The summed E-state index contributed by atoms with van der Waals surface area (Å²) in [6, 6.07) is 13.2. The van der Waals surface area contributed by atoms with Crippen LogP contribution < -0.4 is 37.5 Å². The highest BCUT2D eigenvalue weighted by atomic mass is 16.6. The predicted molar refractivity (Wildman–Crippen MR) is 271 cm³/mol. The highest BCUT2D eigenvalue weighted by Crippen LogP contribution is 2.44. The van der Waals surface area contributed by atoms with Gasteiger partial charge in [-0.2, -0.15) is 0 Å². The van der Waals surface area contributed by atoms with Gasteiger partial charge in [-0.25, -0.2) is 9.78 Å². The van der Waals surface area contributed by atoms with Crippen molar-refractivity contribution in [2.24, 2.45) is 5.92 Å². The second kappa shape index (κ2) is 22.8. The number of nitrogens with zero attached hydrogens (tertiary/aromatic N) is 3. The molecule has 0 bridgehead atoms. The fourth-order valence-electron chi connectivity index (χ4n) is 10.4. The minimum absolute atomic E-state index is 0.0464. The molecule has 22 nitrogen and oxygen atoms in total. The van der Waals surface area contributed by atoms with Crippen LogP contribution in [0.4, 0.5) is 5.69 Å². The third kappa shape index (κ3) is 11.3. The van der Waals surface area contributed by atoms with Crippen LogP contribution in [-0.2, 0) is 90.6 Å². The van der Waals surface area contributed by atoms with Crippen LogP contribution in [0.5, 0.6) is 0 Å². The number of carbonyl (C=O) groups is 9. The number of fused-ring (bicyclic) bond motifs is 5. The lowest BCUT2D eigenvalue weighted by Crippen LogP contribution is -2.52. The second-order valence-electron chi connectivity index (χ2n) is 19.6. The van der Waals surface area contributed by atoms with Crippen LogP contribution in [0, 0.1) is 5.92 Å². The normalized spacial score (nSPS) is 19.1. The largest absolute Gasteiger partial charge is 0.458 e. The number of anilines is 1. The van der Waals surface area contributed by atoms with Crippen molar-refractivity contribution in [1.29, 1.82) is 0 Å². The highest BCUT2D eigenvalue weighted by Gasteiger charge is 2.46. The molecular formula is C54H59N9O13. The topological polar surface area (TPSA) is 303 Å². The minimum atomic E-state index is -1.93. The smallest absolute Gasteiger partial charge is 0.343 e. The number of hydrogen-bond donors (Lipinski definition) is 7. The van der Waals surface area contributed by atoms with Gasteiger partial charge >= 0.3 is 5.97 Å². The number of nitrogens with one attached hydrogen (secondary N) is 6. The van der Waals surface area contributed by atoms with Crippen molar-refractivity contribution in [3.8, 4) is 11.4 Å². The summed E-state index contributed by atoms with van der Waals surface area (Å²) in [5.74, 6) is -4.88. The van der Waals surface area contributed by atoms with Gasteiger partial charge in [-0.3, -0.25) is 48.1 Å². The van der Waals surface area contributed by atoms with Gasteiger partial charge in [0.05, 0.1) is 54.8 Å². The van der Waals surface area contributed by atoms with Crippen LogP contribution in [0.2, 0.25) is 0 Å². The van der Waals surface area contributed by atoms with E-state index >= 15 is 0 Å². The number of aromatic nitrogens is 2. The zero-order chi connectivity index (χ0) is 53.7. The number of imide groups is 1. The SMILES string of the molecule is CC[C@]1(O)C(=O)OCc2c1cc1n(c2=O)Cc2c-1nc1ccc(NC(=O)C3CC(OCNC(=O)CNC(=O)C(Cc4ccccc4)NC(=O)CNC(=O)CNC(=O)CCCCCN4C(=O)C=CC4=O)C3)c3c1c2CCC3. The number of rotatable bonds is 22. The third-order valence-corrected chi connectivity index (χ3v) is 14.7. The number of benzene rings is 2. The van der Waals surface area contributed by atoms with Gasteiger partial charge < -0.3 is 51.0 Å². The molecule has 0 saturated heterocycles. The Hall–Kier alpha value is -8.11. The molecule has 398 valence electrons. The van der Waals surface area contributed by atoms with Crippen LogP contribution in [0.1, 0.15) is 91.7 Å². The van der Waals surface area contributed by atoms with Crippen molar-refractivity contribution in [2.75, 3.05) is 38.2 Å². The number of hydrogen-bond acceptors (Lipinski definition) is 14. The van der Waals surface area contributed by atoms with Crippen molar-refractivity contribution >= 4 is 69.8 Å². The van der Waals surface area contributed by atoms with Crippen molar-refractivity contribution < 1.29 is 57.7 Å². The zero-order valence-corrected chi connectivity index (χ0v) is 41.9. The molecule has 2 aromatic carbocycles. The summed E-state index contributed by atoms with van der Waals surface area (Å²) in [6.07, 6.45) is 7.12. The lowest BCUT2D eigenvalue weighted by atomic mass is 9.81. The molecule has 8 amide bonds. The molecule has 0 radical (unpaired) electrons. The lowest BCUT2D eigenvalue weighted by molar-refractivity contribution is -0.172. The molecule has 1 fully saturated rings. The molecule has 2 aromatic heterocycles. The third-order valence-electron chi connectivity index (χ3n) is 14.7. The summed E-state index contributed by atoms with van der Waals surface area (Å²) in [4.78, 5) is 133. The molecule has 1 saturated carbocycles. The van der Waals surface area contributed by atoms with E-state index in [1.807, 2.05) is 12.1 Å². The van der Waals surface area contributed by atoms with Crippen molar-refractivity contribution in [2.45, 2.75) is 108 Å². The maximum absolute atomic E-state index is 13.8. The summed E-state index contributed by atoms with van der Waals surface area (Å²) in [7, 11) is 0. The Kier molecular flexibility index (Phi) is 15.8. The number of pyridine rings is 2. The van der Waals surface area contributed by atoms with Crippen LogP contribution in [-0.4, -0.2) is 118 Å². The van der Waals surface area contributed by atoms with Crippen molar-refractivity contribution in [3.63, 3.8) is 0 Å². The summed E-state index contributed by atoms with van der Waals surface area (Å²) >= 11 is 0. The first kappa shape index (κ1) is 52.7. The molecule has 4 aromatic rings. The lowest BCUT2D eigenvalue weighted by Gasteiger charge is -2.34. The van der Waals surface area contributed by atoms with Gasteiger partial charge in [0.25, 0.3) is 17.4 Å². The van der Waals surface area contributed by atoms with Gasteiger partial charge in [-0.05, 0) is 86.3 Å². The van der Waals surface area contributed by atoms with E-state index < -0.39 is 54.3 Å². The number of carbonyl (C=O) groups excluding carboxylic acids is 9. The Balaban J connectivity index is 0.699. The first-order valence-electron chi connectivity index (χ1n) is 25.6. The number of cyclic esters (lactones) is 1. The van der Waals surface area contributed by atoms with E-state index in [2.05, 4.69) is 31.9 Å². The molecule has 2 aliphatic carbocycles. The highest BCUT2D eigenvalue weighted by molar-refractivity contribution is 6.12. The number of amides is 8. The van der Waals surface area contributed by atoms with E-state index in [4.69, 9.17) is 14.5 Å². The van der Waals surface area contributed by atoms with Crippen LogP contribution in [0.15, 0.2) is 65.5 Å². The van der Waals surface area contributed by atoms with E-state index in [9.17, 15) is 53.1 Å². The van der Waals surface area contributed by atoms with Crippen LogP contribution in [0.25, 0.3) is 22.3 Å². The number of aryl methyl sites for hydroxylation is 2. The standard InChI is InChI=1S/C54H59N9O13/c1-2-54(74)37-23-41-49-35(27-63(41)52(72)36(37)28-75-53(54)73)33-12-9-13-34-38(15-16-39(60-49)48(33)34)61-50(70)31-21-32(22-31)76-29-58-44(66)25-57-51(71)40(20-30-10-5-3-6-11-30)59-45(67)26-56-43(65)24-55-42(64)14-7-4-8-19-62-46(68)17-18-47(62)69/h3,5-6,10-11,15-18,23,31-32,40,74H,2,4,7-9,12-14,19-22,24-29H2,1H3,(H,55,64)(H,56,65)(H,57,71)(H,58,66)(H,59,67)(H,61,70)/t31?,32?,40?,54-/m1/s1. The van der Waals surface area contributed by atoms with E-state index in [1.165, 1.54) is 12.2 Å². The molecule has 2 atom stereocenters. The number of aliphatic hydroxyl groups is 1. The molecule has 0 spiro atoms. The van der Waals surface area contributed by atoms with Crippen LogP contribution in [0.3, 0.4) is 0 Å². The molecule has 1 unspecified atom stereocenters. The fraction of sp³-hybridized carbons (Fsp3) is 0.426. The maximum Gasteiger partial charge on any atom is 0.343 e. The van der Waals surface area contributed by atoms with Gasteiger partial charge in [0.15, 0.2) is 5.60 Å². The average molecular weight is 1040 g/mol. The van der Waals surface area contributed by atoms with Gasteiger partial charge in [0.1, 0.15) is 19.4 Å². The van der Waals surface area contributed by atoms with E-state index in [-0.39, 0.29) is 105 Å². The second-order valence-corrected chi connectivity index (χ2v) is 19.6. The Bertz CT molecular complexity index is 3110. The Morgan fingerprint density at radius 3 is 2.29 bits per heavy atom. The van der Waals surface area contributed by atoms with Gasteiger partial charge in [0.2, 0.25) is 35.4 Å². The minimum Gasteiger partial charge on any atom is -0.458 e. The average Bonchev–Trinajstić information content (AvgIpc) is 4.00. The molecule has 5 heterocycles. The quantitative estimate of drug-likeness (QED) is 0.0220. The Morgan fingerprint density at radius 2 is 1.53 bits per heavy atom. The fourth-order valence-corrected chi connectivity index (χ4v) is 10.4. The molecular weight excluding hydrogens is 983 g/mol. The van der Waals surface area contributed by atoms with E-state index in [1.54, 1.807) is 47.9 Å². The van der Waals surface area contributed by atoms with Crippen molar-refractivity contribution in [3.05, 3.63) is 104 Å². The molecule has 5 aliphatic rings. The zero-order valence-electron chi connectivity index (χ0n) is 41.9. The number of esters is 1. The molecule has 3 aliphatic heterocycles. The summed E-state index contributed by atoms with van der Waals surface area (Å²) < 4.78 is 12.7. The number of unbranched alkanes of at least 4 members (excludes halogenated alkanes) is 2. The monoisotopic (exact) mass is 1040 g/mol. The molecule has 22 heteroatoms. The van der Waals surface area contributed by atoms with Crippen LogP contribution >= 0.6 is 0 Å². The first-order valence-corrected chi connectivity index (χ1v) is 25.6. The summed E-state index contributed by atoms with van der Waals surface area (Å²) in [5.41, 5.74) is 4.52. The van der Waals surface area contributed by atoms with Gasteiger partial charge in [-0.15, -0.1) is 0 Å². The Labute approximate surface area is 435 Å². The first-order chi connectivity index (χ1) is 36.6. The number of ether oxygens (including phenoxy) is 2. The Morgan fingerprint density at radius 1 is 0.816 bits per heavy atom. The van der Waals surface area contributed by atoms with Gasteiger partial charge in [0, 0.05) is 59.7 Å². The molecule has 7 N–H and O–H groups in total. The molecule has 9 rings (SSSR count). The summed E-state index contributed by atoms with van der Waals surface area (Å²) in [5, 5.41) is 28.0. The predicted octanol–water partition coefficient (Wildman–Crippen LogP) is 0.937. The van der Waals surface area contributed by atoms with E-state index in [0.29, 0.717) is 55.6 Å². The maximum atomic E-state index is 13.8.